The minimum Gasteiger partial charge on any atom is -0.331 e. The van der Waals surface area contributed by atoms with E-state index in [1.54, 1.807) is 6.20 Å². The number of nitrogens with one attached hydrogen (secondary N) is 1. The molecule has 80 valence electrons. The van der Waals surface area contributed by atoms with E-state index in [0.29, 0.717) is 15.0 Å². The Balaban J connectivity index is 2.27. The van der Waals surface area contributed by atoms with Crippen LogP contribution in [0.25, 0.3) is 0 Å². The SMILES string of the molecule is Cc1ccc(Cl)cc1Nc1ncc(C#N)s1. The maximum absolute atomic E-state index is 8.69. The topological polar surface area (TPSA) is 48.7 Å². The molecule has 0 saturated heterocycles. The van der Waals surface area contributed by atoms with Gasteiger partial charge in [0.1, 0.15) is 10.9 Å². The monoisotopic (exact) mass is 249 g/mol. The van der Waals surface area contributed by atoms with Crippen LogP contribution in [0.1, 0.15) is 10.4 Å². The zero-order valence-electron chi connectivity index (χ0n) is 8.49. The number of halogens is 1. The Morgan fingerprint density at radius 3 is 3.00 bits per heavy atom. The zero-order chi connectivity index (χ0) is 11.5. The number of nitriles is 1. The van der Waals surface area contributed by atoms with Crippen LogP contribution in [0.15, 0.2) is 24.4 Å². The highest BCUT2D eigenvalue weighted by Gasteiger charge is 2.04. The summed E-state index contributed by atoms with van der Waals surface area (Å²) in [4.78, 5) is 4.68. The van der Waals surface area contributed by atoms with E-state index >= 15 is 0 Å². The summed E-state index contributed by atoms with van der Waals surface area (Å²) in [6.45, 7) is 1.98. The molecule has 0 aliphatic rings. The van der Waals surface area contributed by atoms with Crippen molar-refractivity contribution in [2.45, 2.75) is 6.92 Å². The molecule has 1 heterocycles. The molecular formula is C11H8ClN3S. The number of aryl methyl sites for hydroxylation is 1. The van der Waals surface area contributed by atoms with Crippen LogP contribution < -0.4 is 5.32 Å². The average Bonchev–Trinajstić information content (AvgIpc) is 2.71. The predicted octanol–water partition coefficient (Wildman–Crippen LogP) is 3.72. The molecule has 2 aromatic rings. The van der Waals surface area contributed by atoms with E-state index in [1.165, 1.54) is 11.3 Å². The average molecular weight is 250 g/mol. The van der Waals surface area contributed by atoms with Crippen LogP contribution >= 0.6 is 22.9 Å². The van der Waals surface area contributed by atoms with E-state index in [-0.39, 0.29) is 0 Å². The molecule has 0 unspecified atom stereocenters. The number of aromatic nitrogens is 1. The van der Waals surface area contributed by atoms with Crippen LogP contribution in [-0.4, -0.2) is 4.98 Å². The van der Waals surface area contributed by atoms with Gasteiger partial charge < -0.3 is 5.32 Å². The summed E-state index contributed by atoms with van der Waals surface area (Å²) in [6.07, 6.45) is 1.55. The maximum atomic E-state index is 8.69. The van der Waals surface area contributed by atoms with Gasteiger partial charge in [0.15, 0.2) is 5.13 Å². The van der Waals surface area contributed by atoms with Crippen molar-refractivity contribution in [3.8, 4) is 6.07 Å². The molecular weight excluding hydrogens is 242 g/mol. The van der Waals surface area contributed by atoms with Crippen molar-refractivity contribution >= 4 is 33.8 Å². The Kier molecular flexibility index (Phi) is 3.09. The third-order valence-corrected chi connectivity index (χ3v) is 3.11. The Morgan fingerprint density at radius 1 is 1.50 bits per heavy atom. The molecule has 0 amide bonds. The standard InChI is InChI=1S/C11H8ClN3S/c1-7-2-3-8(12)4-10(7)15-11-14-6-9(5-13)16-11/h2-4,6H,1H3,(H,14,15). The van der Waals surface area contributed by atoms with Crippen LogP contribution in [0.3, 0.4) is 0 Å². The molecule has 0 aliphatic carbocycles. The quantitative estimate of drug-likeness (QED) is 0.883. The molecule has 1 N–H and O–H groups in total. The Morgan fingerprint density at radius 2 is 2.31 bits per heavy atom. The number of benzene rings is 1. The molecule has 0 radical (unpaired) electrons. The summed E-state index contributed by atoms with van der Waals surface area (Å²) in [5.41, 5.74) is 1.99. The number of rotatable bonds is 2. The van der Waals surface area contributed by atoms with Crippen molar-refractivity contribution in [2.24, 2.45) is 0 Å². The van der Waals surface area contributed by atoms with Crippen LogP contribution in [0.2, 0.25) is 5.02 Å². The Labute approximate surface area is 102 Å². The summed E-state index contributed by atoms with van der Waals surface area (Å²) in [5.74, 6) is 0. The summed E-state index contributed by atoms with van der Waals surface area (Å²) in [7, 11) is 0. The largest absolute Gasteiger partial charge is 0.331 e. The van der Waals surface area contributed by atoms with Gasteiger partial charge in [0, 0.05) is 10.7 Å². The first-order valence-corrected chi connectivity index (χ1v) is 5.77. The first kappa shape index (κ1) is 10.9. The molecule has 5 heteroatoms. The van der Waals surface area contributed by atoms with Crippen LogP contribution in [-0.2, 0) is 0 Å². The minimum atomic E-state index is 0.585. The van der Waals surface area contributed by atoms with E-state index in [0.717, 1.165) is 11.3 Å². The molecule has 2 rings (SSSR count). The van der Waals surface area contributed by atoms with Gasteiger partial charge in [-0.3, -0.25) is 0 Å². The highest BCUT2D eigenvalue weighted by atomic mass is 35.5. The maximum Gasteiger partial charge on any atom is 0.188 e. The van der Waals surface area contributed by atoms with Gasteiger partial charge in [-0.1, -0.05) is 29.0 Å². The fourth-order valence-electron chi connectivity index (χ4n) is 1.23. The van der Waals surface area contributed by atoms with Crippen molar-refractivity contribution < 1.29 is 0 Å². The van der Waals surface area contributed by atoms with E-state index in [9.17, 15) is 0 Å². The lowest BCUT2D eigenvalue weighted by atomic mass is 10.2. The third-order valence-electron chi connectivity index (χ3n) is 2.06. The van der Waals surface area contributed by atoms with Crippen molar-refractivity contribution in [3.63, 3.8) is 0 Å². The van der Waals surface area contributed by atoms with Gasteiger partial charge in [0.2, 0.25) is 0 Å². The number of thiazole rings is 1. The molecule has 16 heavy (non-hydrogen) atoms. The number of hydrogen-bond donors (Lipinski definition) is 1. The van der Waals surface area contributed by atoms with Gasteiger partial charge in [-0.25, -0.2) is 4.98 Å². The second kappa shape index (κ2) is 4.52. The lowest BCUT2D eigenvalue weighted by molar-refractivity contribution is 1.36. The normalized spacial score (nSPS) is 9.81. The van der Waals surface area contributed by atoms with E-state index in [1.807, 2.05) is 31.2 Å². The van der Waals surface area contributed by atoms with Crippen LogP contribution in [0, 0.1) is 18.3 Å². The predicted molar refractivity (Wildman–Crippen MR) is 66.3 cm³/mol. The zero-order valence-corrected chi connectivity index (χ0v) is 10.1. The highest BCUT2D eigenvalue weighted by molar-refractivity contribution is 7.16. The van der Waals surface area contributed by atoms with Crippen LogP contribution in [0.4, 0.5) is 10.8 Å². The molecule has 0 spiro atoms. The second-order valence-electron chi connectivity index (χ2n) is 3.23. The summed E-state index contributed by atoms with van der Waals surface area (Å²) < 4.78 is 0. The van der Waals surface area contributed by atoms with E-state index in [4.69, 9.17) is 16.9 Å². The van der Waals surface area contributed by atoms with Gasteiger partial charge in [-0.2, -0.15) is 5.26 Å². The van der Waals surface area contributed by atoms with Crippen molar-refractivity contribution in [1.82, 2.24) is 4.98 Å². The highest BCUT2D eigenvalue weighted by Crippen LogP contribution is 2.26. The molecule has 0 bridgehead atoms. The fourth-order valence-corrected chi connectivity index (χ4v) is 2.03. The first-order chi connectivity index (χ1) is 7.69. The summed E-state index contributed by atoms with van der Waals surface area (Å²) >= 11 is 7.22. The number of anilines is 2. The molecule has 0 atom stereocenters. The molecule has 1 aromatic carbocycles. The smallest absolute Gasteiger partial charge is 0.188 e. The van der Waals surface area contributed by atoms with E-state index < -0.39 is 0 Å². The lowest BCUT2D eigenvalue weighted by Gasteiger charge is -2.06. The van der Waals surface area contributed by atoms with Gasteiger partial charge in [0.05, 0.1) is 6.20 Å². The van der Waals surface area contributed by atoms with Crippen molar-refractivity contribution in [2.75, 3.05) is 5.32 Å². The Bertz CT molecular complexity index is 557. The Hall–Kier alpha value is -1.57. The van der Waals surface area contributed by atoms with Gasteiger partial charge in [-0.15, -0.1) is 0 Å². The van der Waals surface area contributed by atoms with Crippen LogP contribution in [0.5, 0.6) is 0 Å². The molecule has 0 aliphatic heterocycles. The second-order valence-corrected chi connectivity index (χ2v) is 4.69. The molecule has 0 fully saturated rings. The van der Waals surface area contributed by atoms with Gasteiger partial charge in [0.25, 0.3) is 0 Å². The first-order valence-electron chi connectivity index (χ1n) is 4.58. The third kappa shape index (κ3) is 2.32. The lowest BCUT2D eigenvalue weighted by Crippen LogP contribution is -1.91. The number of nitrogens with zero attached hydrogens (tertiary/aromatic N) is 2. The summed E-state index contributed by atoms with van der Waals surface area (Å²) in [6, 6.07) is 7.66. The van der Waals surface area contributed by atoms with Gasteiger partial charge in [-0.05, 0) is 24.6 Å². The molecule has 3 nitrogen and oxygen atoms in total. The van der Waals surface area contributed by atoms with Gasteiger partial charge >= 0.3 is 0 Å². The molecule has 1 aromatic heterocycles. The minimum absolute atomic E-state index is 0.585. The fraction of sp³-hybridized carbons (Fsp3) is 0.0909. The summed E-state index contributed by atoms with van der Waals surface area (Å²) in [5, 5.41) is 13.2. The van der Waals surface area contributed by atoms with Crippen molar-refractivity contribution in [3.05, 3.63) is 39.9 Å². The van der Waals surface area contributed by atoms with Crippen molar-refractivity contribution in [1.29, 1.82) is 5.26 Å². The van der Waals surface area contributed by atoms with E-state index in [2.05, 4.69) is 10.3 Å². The number of hydrogen-bond acceptors (Lipinski definition) is 4. The molecule has 0 saturated carbocycles.